The third kappa shape index (κ3) is 4.66. The number of carbonyl (C=O) groups is 2. The number of nitrogens with zero attached hydrogens (tertiary/aromatic N) is 1. The standard InChI is InChI=1S/C21H24ClN3O4S/c1-12-9-14(10-19(13(12)2)30(28,29)25(3)4)20(26)24-16-7-8-17(18(22)11-16)21(27)23-15-5-6-15/h7-11,15H,5-6H2,1-4H3,(H,23,27)(H,24,26). The monoisotopic (exact) mass is 449 g/mol. The summed E-state index contributed by atoms with van der Waals surface area (Å²) in [5, 5.41) is 5.80. The summed E-state index contributed by atoms with van der Waals surface area (Å²) in [4.78, 5) is 25.0. The van der Waals surface area contributed by atoms with Gasteiger partial charge in [-0.2, -0.15) is 0 Å². The van der Waals surface area contributed by atoms with Gasteiger partial charge in [0.1, 0.15) is 0 Å². The highest BCUT2D eigenvalue weighted by Gasteiger charge is 2.25. The summed E-state index contributed by atoms with van der Waals surface area (Å²) in [5.41, 5.74) is 2.24. The van der Waals surface area contributed by atoms with Crippen LogP contribution in [-0.4, -0.2) is 44.7 Å². The zero-order valence-corrected chi connectivity index (χ0v) is 18.8. The Morgan fingerprint density at radius 1 is 1.07 bits per heavy atom. The van der Waals surface area contributed by atoms with Gasteiger partial charge in [-0.1, -0.05) is 11.6 Å². The second-order valence-electron chi connectivity index (χ2n) is 7.60. The first-order valence-electron chi connectivity index (χ1n) is 9.46. The molecule has 1 saturated carbocycles. The Morgan fingerprint density at radius 2 is 1.73 bits per heavy atom. The lowest BCUT2D eigenvalue weighted by atomic mass is 10.1. The SMILES string of the molecule is Cc1cc(C(=O)Nc2ccc(C(=O)NC3CC3)c(Cl)c2)cc(S(=O)(=O)N(C)C)c1C. The molecule has 0 saturated heterocycles. The third-order valence-corrected chi connectivity index (χ3v) is 7.28. The second-order valence-corrected chi connectivity index (χ2v) is 10.1. The Hall–Kier alpha value is -2.42. The lowest BCUT2D eigenvalue weighted by Crippen LogP contribution is -2.25. The predicted octanol–water partition coefficient (Wildman–Crippen LogP) is 3.35. The summed E-state index contributed by atoms with van der Waals surface area (Å²) in [6.45, 7) is 3.46. The molecule has 0 bridgehead atoms. The highest BCUT2D eigenvalue weighted by atomic mass is 35.5. The Bertz CT molecular complexity index is 1130. The number of nitrogens with one attached hydrogen (secondary N) is 2. The van der Waals surface area contributed by atoms with Gasteiger partial charge in [0.15, 0.2) is 0 Å². The van der Waals surface area contributed by atoms with Crippen LogP contribution in [0.5, 0.6) is 0 Å². The molecule has 0 unspecified atom stereocenters. The van der Waals surface area contributed by atoms with Crippen LogP contribution in [0.3, 0.4) is 0 Å². The van der Waals surface area contributed by atoms with E-state index >= 15 is 0 Å². The Balaban J connectivity index is 1.85. The quantitative estimate of drug-likeness (QED) is 0.706. The van der Waals surface area contributed by atoms with Gasteiger partial charge >= 0.3 is 0 Å². The molecular weight excluding hydrogens is 426 g/mol. The topological polar surface area (TPSA) is 95.6 Å². The van der Waals surface area contributed by atoms with Crippen LogP contribution >= 0.6 is 11.6 Å². The number of aryl methyl sites for hydroxylation is 1. The number of hydrogen-bond acceptors (Lipinski definition) is 4. The molecule has 0 aliphatic heterocycles. The van der Waals surface area contributed by atoms with Crippen molar-refractivity contribution in [1.82, 2.24) is 9.62 Å². The number of rotatable bonds is 6. The predicted molar refractivity (Wildman–Crippen MR) is 117 cm³/mol. The van der Waals surface area contributed by atoms with Crippen LogP contribution in [0.15, 0.2) is 35.2 Å². The van der Waals surface area contributed by atoms with Crippen molar-refractivity contribution in [2.75, 3.05) is 19.4 Å². The maximum atomic E-state index is 12.8. The maximum Gasteiger partial charge on any atom is 0.255 e. The minimum Gasteiger partial charge on any atom is -0.349 e. The number of hydrogen-bond donors (Lipinski definition) is 2. The van der Waals surface area contributed by atoms with E-state index in [-0.39, 0.29) is 27.4 Å². The Morgan fingerprint density at radius 3 is 2.30 bits per heavy atom. The van der Waals surface area contributed by atoms with E-state index in [0.29, 0.717) is 22.4 Å². The highest BCUT2D eigenvalue weighted by Crippen LogP contribution is 2.26. The number of sulfonamides is 1. The summed E-state index contributed by atoms with van der Waals surface area (Å²) >= 11 is 6.23. The Kier molecular flexibility index (Phi) is 6.21. The zero-order chi connectivity index (χ0) is 22.2. The smallest absolute Gasteiger partial charge is 0.255 e. The van der Waals surface area contributed by atoms with Crippen molar-refractivity contribution in [3.8, 4) is 0 Å². The van der Waals surface area contributed by atoms with E-state index in [1.807, 2.05) is 0 Å². The van der Waals surface area contributed by atoms with Gasteiger partial charge in [-0.05, 0) is 68.1 Å². The maximum absolute atomic E-state index is 12.8. The molecule has 30 heavy (non-hydrogen) atoms. The number of benzene rings is 2. The molecule has 3 rings (SSSR count). The number of carbonyl (C=O) groups excluding carboxylic acids is 2. The van der Waals surface area contributed by atoms with Gasteiger partial charge in [0.25, 0.3) is 11.8 Å². The third-order valence-electron chi connectivity index (χ3n) is 5.02. The van der Waals surface area contributed by atoms with Crippen LogP contribution < -0.4 is 10.6 Å². The van der Waals surface area contributed by atoms with Crippen LogP contribution in [0, 0.1) is 13.8 Å². The van der Waals surface area contributed by atoms with E-state index in [2.05, 4.69) is 10.6 Å². The molecule has 2 amide bonds. The van der Waals surface area contributed by atoms with Crippen LogP contribution in [0.4, 0.5) is 5.69 Å². The van der Waals surface area contributed by atoms with E-state index in [9.17, 15) is 18.0 Å². The van der Waals surface area contributed by atoms with Crippen molar-refractivity contribution < 1.29 is 18.0 Å². The summed E-state index contributed by atoms with van der Waals surface area (Å²) in [6.07, 6.45) is 1.94. The van der Waals surface area contributed by atoms with Crippen molar-refractivity contribution in [3.63, 3.8) is 0 Å². The molecule has 1 aliphatic rings. The van der Waals surface area contributed by atoms with Crippen molar-refractivity contribution >= 4 is 39.1 Å². The molecular formula is C21H24ClN3O4S. The highest BCUT2D eigenvalue weighted by molar-refractivity contribution is 7.89. The van der Waals surface area contributed by atoms with E-state index < -0.39 is 15.9 Å². The summed E-state index contributed by atoms with van der Waals surface area (Å²) in [7, 11) is -0.810. The number of halogens is 1. The molecule has 0 heterocycles. The van der Waals surface area contributed by atoms with Crippen molar-refractivity contribution in [3.05, 3.63) is 57.6 Å². The van der Waals surface area contributed by atoms with E-state index in [1.165, 1.54) is 26.2 Å². The first-order valence-corrected chi connectivity index (χ1v) is 11.3. The molecule has 2 N–H and O–H groups in total. The minimum atomic E-state index is -3.70. The van der Waals surface area contributed by atoms with Crippen molar-refractivity contribution in [2.24, 2.45) is 0 Å². The number of amides is 2. The van der Waals surface area contributed by atoms with E-state index in [4.69, 9.17) is 11.6 Å². The number of anilines is 1. The summed E-state index contributed by atoms with van der Waals surface area (Å²) in [5.74, 6) is -0.715. The normalized spacial score (nSPS) is 13.9. The van der Waals surface area contributed by atoms with E-state index in [1.54, 1.807) is 32.0 Å². The van der Waals surface area contributed by atoms with Gasteiger partial charge in [-0.15, -0.1) is 0 Å². The van der Waals surface area contributed by atoms with Crippen LogP contribution in [-0.2, 0) is 10.0 Å². The fraction of sp³-hybridized carbons (Fsp3) is 0.333. The molecule has 9 heteroatoms. The molecule has 0 spiro atoms. The van der Waals surface area contributed by atoms with Crippen LogP contribution in [0.1, 0.15) is 44.7 Å². The second kappa shape index (κ2) is 8.37. The van der Waals surface area contributed by atoms with Gasteiger partial charge in [-0.25, -0.2) is 12.7 Å². The molecule has 7 nitrogen and oxygen atoms in total. The molecule has 1 fully saturated rings. The fourth-order valence-electron chi connectivity index (χ4n) is 2.89. The molecule has 0 aromatic heterocycles. The van der Waals surface area contributed by atoms with Crippen LogP contribution in [0.25, 0.3) is 0 Å². The van der Waals surface area contributed by atoms with Crippen molar-refractivity contribution in [1.29, 1.82) is 0 Å². The van der Waals surface area contributed by atoms with E-state index in [0.717, 1.165) is 17.1 Å². The first-order chi connectivity index (χ1) is 14.0. The molecule has 0 radical (unpaired) electrons. The summed E-state index contributed by atoms with van der Waals surface area (Å²) < 4.78 is 26.3. The Labute approximate surface area is 181 Å². The fourth-order valence-corrected chi connectivity index (χ4v) is 4.38. The van der Waals surface area contributed by atoms with Gasteiger partial charge < -0.3 is 10.6 Å². The minimum absolute atomic E-state index is 0.0859. The van der Waals surface area contributed by atoms with Crippen molar-refractivity contribution in [2.45, 2.75) is 37.6 Å². The van der Waals surface area contributed by atoms with Gasteiger partial charge in [0, 0.05) is 31.4 Å². The zero-order valence-electron chi connectivity index (χ0n) is 17.2. The average Bonchev–Trinajstić information content (AvgIpc) is 3.47. The molecule has 2 aromatic carbocycles. The largest absolute Gasteiger partial charge is 0.349 e. The van der Waals surface area contributed by atoms with Crippen LogP contribution in [0.2, 0.25) is 5.02 Å². The molecule has 0 atom stereocenters. The summed E-state index contributed by atoms with van der Waals surface area (Å²) in [6, 6.07) is 7.86. The van der Waals surface area contributed by atoms with Gasteiger partial charge in [0.05, 0.1) is 15.5 Å². The average molecular weight is 450 g/mol. The molecule has 2 aromatic rings. The van der Waals surface area contributed by atoms with Gasteiger partial charge in [0.2, 0.25) is 10.0 Å². The molecule has 1 aliphatic carbocycles. The van der Waals surface area contributed by atoms with Gasteiger partial charge in [-0.3, -0.25) is 9.59 Å². The lowest BCUT2D eigenvalue weighted by molar-refractivity contribution is 0.0950. The molecule has 160 valence electrons. The lowest BCUT2D eigenvalue weighted by Gasteiger charge is -2.16. The first kappa shape index (κ1) is 22.3.